The molecule has 0 saturated carbocycles. The summed E-state index contributed by atoms with van der Waals surface area (Å²) in [6, 6.07) is 12.3. The summed E-state index contributed by atoms with van der Waals surface area (Å²) in [4.78, 5) is 12.5. The van der Waals surface area contributed by atoms with Crippen molar-refractivity contribution < 1.29 is 4.79 Å². The molecule has 0 atom stereocenters. The van der Waals surface area contributed by atoms with Gasteiger partial charge in [0.05, 0.1) is 0 Å². The number of ketones is 1. The zero-order valence-electron chi connectivity index (χ0n) is 10.8. The van der Waals surface area contributed by atoms with Crippen LogP contribution < -0.4 is 0 Å². The highest BCUT2D eigenvalue weighted by molar-refractivity contribution is 6.22. The molecule has 1 nitrogen and oxygen atoms in total. The molecule has 1 aliphatic rings. The van der Waals surface area contributed by atoms with Gasteiger partial charge in [-0.25, -0.2) is 0 Å². The summed E-state index contributed by atoms with van der Waals surface area (Å²) in [5.41, 5.74) is 6.52. The molecule has 90 valence electrons. The number of benzene rings is 2. The van der Waals surface area contributed by atoms with Crippen LogP contribution in [0.1, 0.15) is 40.9 Å². The van der Waals surface area contributed by atoms with Crippen LogP contribution in [0.2, 0.25) is 0 Å². The van der Waals surface area contributed by atoms with Crippen LogP contribution in [0.25, 0.3) is 11.1 Å². The molecule has 0 bridgehead atoms. The molecular weight excluding hydrogens is 220 g/mol. The van der Waals surface area contributed by atoms with Crippen molar-refractivity contribution in [1.29, 1.82) is 0 Å². The van der Waals surface area contributed by atoms with E-state index < -0.39 is 0 Å². The molecule has 18 heavy (non-hydrogen) atoms. The first-order valence-corrected chi connectivity index (χ1v) is 6.56. The average Bonchev–Trinajstić information content (AvgIpc) is 2.72. The fourth-order valence-electron chi connectivity index (χ4n) is 2.78. The van der Waals surface area contributed by atoms with Crippen LogP contribution in [-0.4, -0.2) is 5.78 Å². The monoisotopic (exact) mass is 236 g/mol. The molecule has 1 aliphatic carbocycles. The van der Waals surface area contributed by atoms with E-state index in [9.17, 15) is 4.79 Å². The lowest BCUT2D eigenvalue weighted by molar-refractivity contribution is 0.104. The van der Waals surface area contributed by atoms with Crippen LogP contribution in [0, 0.1) is 0 Å². The first-order valence-electron chi connectivity index (χ1n) is 6.56. The molecule has 0 radical (unpaired) electrons. The second kappa shape index (κ2) is 4.09. The molecule has 0 spiro atoms. The maximum Gasteiger partial charge on any atom is 0.194 e. The van der Waals surface area contributed by atoms with E-state index in [4.69, 9.17) is 0 Å². The Labute approximate surface area is 107 Å². The highest BCUT2D eigenvalue weighted by Gasteiger charge is 2.28. The van der Waals surface area contributed by atoms with Gasteiger partial charge in [-0.3, -0.25) is 4.79 Å². The molecule has 0 amide bonds. The van der Waals surface area contributed by atoms with Gasteiger partial charge in [0.1, 0.15) is 0 Å². The molecule has 3 rings (SSSR count). The van der Waals surface area contributed by atoms with Crippen molar-refractivity contribution in [1.82, 2.24) is 0 Å². The number of hydrogen-bond acceptors (Lipinski definition) is 1. The van der Waals surface area contributed by atoms with E-state index in [1.54, 1.807) is 0 Å². The van der Waals surface area contributed by atoms with Crippen LogP contribution in [0.5, 0.6) is 0 Å². The Morgan fingerprint density at radius 1 is 0.889 bits per heavy atom. The third-order valence-electron chi connectivity index (χ3n) is 3.76. The molecular formula is C17H16O. The number of hydrogen-bond donors (Lipinski definition) is 0. The summed E-state index contributed by atoms with van der Waals surface area (Å²) in [5.74, 6) is 0.195. The quantitative estimate of drug-likeness (QED) is 0.656. The summed E-state index contributed by atoms with van der Waals surface area (Å²) in [6.45, 7) is 4.27. The van der Waals surface area contributed by atoms with Crippen molar-refractivity contribution in [2.24, 2.45) is 0 Å². The van der Waals surface area contributed by atoms with Gasteiger partial charge >= 0.3 is 0 Å². The lowest BCUT2D eigenvalue weighted by Crippen LogP contribution is -2.01. The topological polar surface area (TPSA) is 17.1 Å². The number of carbonyl (C=O) groups excluding carboxylic acids is 1. The van der Waals surface area contributed by atoms with Crippen molar-refractivity contribution in [3.05, 3.63) is 58.7 Å². The second-order valence-corrected chi connectivity index (χ2v) is 4.76. The molecule has 0 aromatic heterocycles. The van der Waals surface area contributed by atoms with Crippen molar-refractivity contribution in [3.63, 3.8) is 0 Å². The normalized spacial score (nSPS) is 12.4. The zero-order valence-corrected chi connectivity index (χ0v) is 10.8. The SMILES string of the molecule is CCc1cc(CC)c2c(c1)-c1ccccc1C2=O. The molecule has 1 heteroatoms. The predicted molar refractivity (Wildman–Crippen MR) is 74.1 cm³/mol. The predicted octanol–water partition coefficient (Wildman–Crippen LogP) is 4.02. The molecule has 2 aromatic rings. The zero-order chi connectivity index (χ0) is 12.7. The Kier molecular flexibility index (Phi) is 2.55. The minimum Gasteiger partial charge on any atom is -0.289 e. The first-order chi connectivity index (χ1) is 8.76. The van der Waals surface area contributed by atoms with Gasteiger partial charge < -0.3 is 0 Å². The summed E-state index contributed by atoms with van der Waals surface area (Å²) < 4.78 is 0. The van der Waals surface area contributed by atoms with Crippen LogP contribution >= 0.6 is 0 Å². The second-order valence-electron chi connectivity index (χ2n) is 4.76. The minimum absolute atomic E-state index is 0.195. The highest BCUT2D eigenvalue weighted by atomic mass is 16.1. The van der Waals surface area contributed by atoms with Gasteiger partial charge in [0.25, 0.3) is 0 Å². The number of carbonyl (C=O) groups is 1. The van der Waals surface area contributed by atoms with E-state index in [1.165, 1.54) is 11.1 Å². The molecule has 0 N–H and O–H groups in total. The fourth-order valence-corrected chi connectivity index (χ4v) is 2.78. The van der Waals surface area contributed by atoms with Crippen LogP contribution in [0.4, 0.5) is 0 Å². The van der Waals surface area contributed by atoms with Crippen LogP contribution in [0.3, 0.4) is 0 Å². The lowest BCUT2D eigenvalue weighted by Gasteiger charge is -2.08. The molecule has 0 heterocycles. The van der Waals surface area contributed by atoms with Crippen molar-refractivity contribution in [2.75, 3.05) is 0 Å². The fraction of sp³-hybridized carbons (Fsp3) is 0.235. The number of rotatable bonds is 2. The average molecular weight is 236 g/mol. The minimum atomic E-state index is 0.195. The van der Waals surface area contributed by atoms with Gasteiger partial charge in [-0.1, -0.05) is 50.2 Å². The van der Waals surface area contributed by atoms with E-state index in [1.807, 2.05) is 18.2 Å². The van der Waals surface area contributed by atoms with E-state index in [2.05, 4.69) is 32.0 Å². The van der Waals surface area contributed by atoms with Crippen molar-refractivity contribution >= 4 is 5.78 Å². The van der Waals surface area contributed by atoms with Gasteiger partial charge in [-0.05, 0) is 35.1 Å². The number of fused-ring (bicyclic) bond motifs is 3. The summed E-state index contributed by atoms with van der Waals surface area (Å²) in [5, 5.41) is 0. The summed E-state index contributed by atoms with van der Waals surface area (Å²) >= 11 is 0. The Balaban J connectivity index is 2.34. The molecule has 0 aliphatic heterocycles. The third kappa shape index (κ3) is 1.43. The van der Waals surface area contributed by atoms with Crippen LogP contribution in [0.15, 0.2) is 36.4 Å². The Morgan fingerprint density at radius 3 is 2.28 bits per heavy atom. The van der Waals surface area contributed by atoms with Crippen molar-refractivity contribution in [3.8, 4) is 11.1 Å². The maximum absolute atomic E-state index is 12.5. The maximum atomic E-state index is 12.5. The first kappa shape index (κ1) is 11.2. The van der Waals surface area contributed by atoms with E-state index in [-0.39, 0.29) is 5.78 Å². The third-order valence-corrected chi connectivity index (χ3v) is 3.76. The Hall–Kier alpha value is -1.89. The lowest BCUT2D eigenvalue weighted by atomic mass is 9.95. The van der Waals surface area contributed by atoms with Gasteiger partial charge in [0.15, 0.2) is 5.78 Å². The molecule has 0 saturated heterocycles. The van der Waals surface area contributed by atoms with Gasteiger partial charge in [-0.15, -0.1) is 0 Å². The van der Waals surface area contributed by atoms with E-state index in [0.29, 0.717) is 0 Å². The smallest absolute Gasteiger partial charge is 0.194 e. The van der Waals surface area contributed by atoms with E-state index in [0.717, 1.165) is 35.1 Å². The summed E-state index contributed by atoms with van der Waals surface area (Å²) in [6.07, 6.45) is 1.92. The molecule has 0 unspecified atom stereocenters. The molecule has 2 aromatic carbocycles. The van der Waals surface area contributed by atoms with Crippen LogP contribution in [-0.2, 0) is 12.8 Å². The largest absolute Gasteiger partial charge is 0.289 e. The van der Waals surface area contributed by atoms with Gasteiger partial charge in [0, 0.05) is 11.1 Å². The van der Waals surface area contributed by atoms with Crippen molar-refractivity contribution in [2.45, 2.75) is 26.7 Å². The highest BCUT2D eigenvalue weighted by Crippen LogP contribution is 2.39. The van der Waals surface area contributed by atoms with Gasteiger partial charge in [0.2, 0.25) is 0 Å². The Bertz CT molecular complexity index is 638. The van der Waals surface area contributed by atoms with E-state index >= 15 is 0 Å². The standard InChI is InChI=1S/C17H16O/c1-3-11-9-12(4-2)16-15(10-11)13-7-5-6-8-14(13)17(16)18/h5-10H,3-4H2,1-2H3. The number of aryl methyl sites for hydroxylation is 2. The Morgan fingerprint density at radius 2 is 1.61 bits per heavy atom. The van der Waals surface area contributed by atoms with Gasteiger partial charge in [-0.2, -0.15) is 0 Å². The molecule has 0 fully saturated rings. The summed E-state index contributed by atoms with van der Waals surface area (Å²) in [7, 11) is 0.